The highest BCUT2D eigenvalue weighted by molar-refractivity contribution is 7.92. The van der Waals surface area contributed by atoms with Gasteiger partial charge in [0.05, 0.1) is 10.6 Å². The van der Waals surface area contributed by atoms with Crippen molar-refractivity contribution in [2.24, 2.45) is 0 Å². The lowest BCUT2D eigenvalue weighted by Crippen LogP contribution is -2.20. The van der Waals surface area contributed by atoms with Crippen molar-refractivity contribution in [2.45, 2.75) is 11.8 Å². The van der Waals surface area contributed by atoms with Crippen LogP contribution in [0, 0.1) is 6.92 Å². The number of hydrogen-bond acceptors (Lipinski definition) is 4. The van der Waals surface area contributed by atoms with Gasteiger partial charge in [-0.05, 0) is 61.0 Å². The highest BCUT2D eigenvalue weighted by Crippen LogP contribution is 2.21. The Labute approximate surface area is 174 Å². The van der Waals surface area contributed by atoms with Crippen molar-refractivity contribution in [1.82, 2.24) is 0 Å². The molecule has 150 valence electrons. The Morgan fingerprint density at radius 3 is 2.38 bits per heavy atom. The van der Waals surface area contributed by atoms with Crippen LogP contribution in [0.2, 0.25) is 5.02 Å². The molecule has 0 aromatic heterocycles. The molecule has 0 bridgehead atoms. The molecule has 3 aromatic rings. The molecule has 0 atom stereocenters. The lowest BCUT2D eigenvalue weighted by atomic mass is 10.2. The predicted molar refractivity (Wildman–Crippen MR) is 114 cm³/mol. The molecule has 0 heterocycles. The van der Waals surface area contributed by atoms with E-state index >= 15 is 0 Å². The van der Waals surface area contributed by atoms with Crippen LogP contribution in [0.25, 0.3) is 0 Å². The van der Waals surface area contributed by atoms with Gasteiger partial charge >= 0.3 is 0 Å². The van der Waals surface area contributed by atoms with Gasteiger partial charge in [-0.2, -0.15) is 0 Å². The van der Waals surface area contributed by atoms with E-state index in [1.54, 1.807) is 24.3 Å². The summed E-state index contributed by atoms with van der Waals surface area (Å²) in [6.45, 7) is 1.74. The van der Waals surface area contributed by atoms with Crippen LogP contribution in [0.4, 0.5) is 11.4 Å². The minimum Gasteiger partial charge on any atom is -0.483 e. The number of aryl methyl sites for hydroxylation is 1. The topological polar surface area (TPSA) is 84.5 Å². The Kier molecular flexibility index (Phi) is 6.41. The van der Waals surface area contributed by atoms with E-state index in [2.05, 4.69) is 10.0 Å². The summed E-state index contributed by atoms with van der Waals surface area (Å²) in [6, 6.07) is 19.7. The van der Waals surface area contributed by atoms with Crippen molar-refractivity contribution in [2.75, 3.05) is 16.6 Å². The van der Waals surface area contributed by atoms with Crippen LogP contribution in [0.1, 0.15) is 5.56 Å². The number of carbonyl (C=O) groups excluding carboxylic acids is 1. The van der Waals surface area contributed by atoms with Crippen molar-refractivity contribution < 1.29 is 17.9 Å². The van der Waals surface area contributed by atoms with Crippen molar-refractivity contribution in [1.29, 1.82) is 0 Å². The van der Waals surface area contributed by atoms with Gasteiger partial charge in [0.15, 0.2) is 6.61 Å². The zero-order valence-corrected chi connectivity index (χ0v) is 17.1. The molecule has 8 heteroatoms. The Hall–Kier alpha value is -3.03. The minimum atomic E-state index is -3.77. The van der Waals surface area contributed by atoms with Gasteiger partial charge in [-0.25, -0.2) is 8.42 Å². The summed E-state index contributed by atoms with van der Waals surface area (Å²) in [7, 11) is -3.77. The first-order valence-electron chi connectivity index (χ1n) is 8.70. The fraction of sp³-hybridized carbons (Fsp3) is 0.0952. The first-order valence-corrected chi connectivity index (χ1v) is 10.6. The molecule has 29 heavy (non-hydrogen) atoms. The number of sulfonamides is 1. The third-order valence-corrected chi connectivity index (χ3v) is 5.61. The molecule has 0 aliphatic heterocycles. The number of benzene rings is 3. The second-order valence-corrected chi connectivity index (χ2v) is 8.36. The number of para-hydroxylation sites is 1. The molecular weight excluding hydrogens is 412 g/mol. The highest BCUT2D eigenvalue weighted by Gasteiger charge is 2.14. The van der Waals surface area contributed by atoms with E-state index in [9.17, 15) is 13.2 Å². The van der Waals surface area contributed by atoms with Gasteiger partial charge in [0, 0.05) is 10.7 Å². The highest BCUT2D eigenvalue weighted by atomic mass is 35.5. The molecule has 1 amide bonds. The lowest BCUT2D eigenvalue weighted by Gasteiger charge is -2.11. The lowest BCUT2D eigenvalue weighted by molar-refractivity contribution is -0.118. The van der Waals surface area contributed by atoms with Gasteiger partial charge in [-0.3, -0.25) is 9.52 Å². The molecule has 0 spiro atoms. The molecule has 6 nitrogen and oxygen atoms in total. The molecule has 3 aromatic carbocycles. The van der Waals surface area contributed by atoms with E-state index < -0.39 is 10.0 Å². The zero-order valence-electron chi connectivity index (χ0n) is 15.6. The van der Waals surface area contributed by atoms with Crippen molar-refractivity contribution >= 4 is 38.9 Å². The number of ether oxygens (including phenoxy) is 1. The molecule has 0 aliphatic carbocycles. The second-order valence-electron chi connectivity index (χ2n) is 6.24. The zero-order chi connectivity index (χ0) is 20.9. The van der Waals surface area contributed by atoms with E-state index in [-0.39, 0.29) is 17.4 Å². The van der Waals surface area contributed by atoms with Crippen LogP contribution in [-0.4, -0.2) is 20.9 Å². The molecule has 2 N–H and O–H groups in total. The number of amides is 1. The summed E-state index contributed by atoms with van der Waals surface area (Å²) in [5.74, 6) is 0.289. The number of hydrogen-bond donors (Lipinski definition) is 2. The molecule has 0 saturated heterocycles. The number of carbonyl (C=O) groups is 1. The maximum Gasteiger partial charge on any atom is 0.262 e. The van der Waals surface area contributed by atoms with Gasteiger partial charge < -0.3 is 10.1 Å². The summed E-state index contributed by atoms with van der Waals surface area (Å²) in [5, 5.41) is 3.10. The molecule has 0 saturated carbocycles. The van der Waals surface area contributed by atoms with Crippen LogP contribution < -0.4 is 14.8 Å². The number of halogens is 1. The molecular formula is C21H19ClN2O4S. The van der Waals surface area contributed by atoms with Crippen molar-refractivity contribution in [3.05, 3.63) is 83.4 Å². The maximum atomic E-state index is 12.5. The smallest absolute Gasteiger partial charge is 0.262 e. The standard InChI is InChI=1S/C21H19ClN2O4S/c1-15-5-2-3-8-20(15)28-14-21(25)23-17-9-11-19(12-10-17)29(26,27)24-18-7-4-6-16(22)13-18/h2-13,24H,14H2,1H3,(H,23,25). The van der Waals surface area contributed by atoms with Crippen LogP contribution in [0.5, 0.6) is 5.75 Å². The normalized spacial score (nSPS) is 11.0. The third-order valence-electron chi connectivity index (χ3n) is 3.98. The predicted octanol–water partition coefficient (Wildman–Crippen LogP) is 4.47. The van der Waals surface area contributed by atoms with Crippen LogP contribution in [-0.2, 0) is 14.8 Å². The Morgan fingerprint density at radius 1 is 0.966 bits per heavy atom. The number of rotatable bonds is 7. The monoisotopic (exact) mass is 430 g/mol. The summed E-state index contributed by atoms with van der Waals surface area (Å²) in [6.07, 6.45) is 0. The van der Waals surface area contributed by atoms with Crippen LogP contribution in [0.15, 0.2) is 77.7 Å². The molecule has 3 rings (SSSR count). The Balaban J connectivity index is 1.60. The molecule has 0 fully saturated rings. The largest absolute Gasteiger partial charge is 0.483 e. The van der Waals surface area contributed by atoms with E-state index in [0.717, 1.165) is 5.56 Å². The van der Waals surface area contributed by atoms with Crippen molar-refractivity contribution in [3.63, 3.8) is 0 Å². The Bertz CT molecular complexity index is 1120. The van der Waals surface area contributed by atoms with E-state index in [1.807, 2.05) is 25.1 Å². The van der Waals surface area contributed by atoms with Crippen LogP contribution >= 0.6 is 11.6 Å². The third kappa shape index (κ3) is 5.73. The van der Waals surface area contributed by atoms with Crippen molar-refractivity contribution in [3.8, 4) is 5.75 Å². The summed E-state index contributed by atoms with van der Waals surface area (Å²) >= 11 is 5.88. The van der Waals surface area contributed by atoms with E-state index in [0.29, 0.717) is 22.1 Å². The van der Waals surface area contributed by atoms with Crippen LogP contribution in [0.3, 0.4) is 0 Å². The number of nitrogens with one attached hydrogen (secondary N) is 2. The second kappa shape index (κ2) is 8.98. The fourth-order valence-electron chi connectivity index (χ4n) is 2.54. The summed E-state index contributed by atoms with van der Waals surface area (Å²) in [5.41, 5.74) is 1.76. The van der Waals surface area contributed by atoms with Gasteiger partial charge in [0.1, 0.15) is 5.75 Å². The summed E-state index contributed by atoms with van der Waals surface area (Å²) in [4.78, 5) is 12.1. The first-order chi connectivity index (χ1) is 13.8. The van der Waals surface area contributed by atoms with Gasteiger partial charge in [0.2, 0.25) is 0 Å². The summed E-state index contributed by atoms with van der Waals surface area (Å²) < 4.78 is 32.9. The van der Waals surface area contributed by atoms with Gasteiger partial charge in [0.25, 0.3) is 15.9 Å². The van der Waals surface area contributed by atoms with E-state index in [4.69, 9.17) is 16.3 Å². The Morgan fingerprint density at radius 2 is 1.69 bits per heavy atom. The fourth-order valence-corrected chi connectivity index (χ4v) is 3.78. The van der Waals surface area contributed by atoms with Gasteiger partial charge in [-0.15, -0.1) is 0 Å². The average Bonchev–Trinajstić information content (AvgIpc) is 2.67. The molecule has 0 radical (unpaired) electrons. The SMILES string of the molecule is Cc1ccccc1OCC(=O)Nc1ccc(S(=O)(=O)Nc2cccc(Cl)c2)cc1. The minimum absolute atomic E-state index is 0.0617. The van der Waals surface area contributed by atoms with Gasteiger partial charge in [-0.1, -0.05) is 35.9 Å². The maximum absolute atomic E-state index is 12.5. The van der Waals surface area contributed by atoms with E-state index in [1.165, 1.54) is 30.3 Å². The molecule has 0 aliphatic rings. The number of anilines is 2. The molecule has 0 unspecified atom stereocenters. The average molecular weight is 431 g/mol. The first kappa shape index (κ1) is 20.7. The quantitative estimate of drug-likeness (QED) is 0.579.